The van der Waals surface area contributed by atoms with Crippen LogP contribution in [0.25, 0.3) is 0 Å². The molecule has 2 heteroatoms. The molecule has 0 spiro atoms. The molecule has 0 aliphatic heterocycles. The third kappa shape index (κ3) is 1.12. The second-order valence-corrected chi connectivity index (χ2v) is 2.27. The maximum absolute atomic E-state index is 4.20. The Morgan fingerprint density at radius 2 is 2.33 bits per heavy atom. The molecule has 0 fully saturated rings. The Morgan fingerprint density at radius 3 is 2.56 bits per heavy atom. The van der Waals surface area contributed by atoms with E-state index in [1.165, 1.54) is 5.56 Å². The quantitative estimate of drug-likeness (QED) is 0.551. The van der Waals surface area contributed by atoms with Crippen LogP contribution in [0.5, 0.6) is 0 Å². The van der Waals surface area contributed by atoms with Crippen LogP contribution in [-0.4, -0.2) is 9.78 Å². The lowest BCUT2D eigenvalue weighted by Crippen LogP contribution is -1.86. The largest absolute Gasteiger partial charge is 0.275 e. The molecule has 0 unspecified atom stereocenters. The molecule has 0 bridgehead atoms. The van der Waals surface area contributed by atoms with E-state index in [2.05, 4.69) is 18.2 Å². The van der Waals surface area contributed by atoms with Gasteiger partial charge < -0.3 is 0 Å². The summed E-state index contributed by atoms with van der Waals surface area (Å²) < 4.78 is 1.86. The van der Waals surface area contributed by atoms with Crippen LogP contribution in [-0.2, 0) is 13.5 Å². The Labute approximate surface area is 55.5 Å². The Balaban J connectivity index is 3.01. The van der Waals surface area contributed by atoms with E-state index in [1.54, 1.807) is 0 Å². The van der Waals surface area contributed by atoms with Crippen LogP contribution in [0.2, 0.25) is 0 Å². The zero-order chi connectivity index (χ0) is 6.85. The molecule has 0 amide bonds. The zero-order valence-corrected chi connectivity index (χ0v) is 6.18. The highest BCUT2D eigenvalue weighted by Crippen LogP contribution is 2.03. The molecular formula is C7H12N2. The molecule has 1 rings (SSSR count). The normalized spacial score (nSPS) is 10.1. The summed E-state index contributed by atoms with van der Waals surface area (Å²) in [6.07, 6.45) is 3.15. The monoisotopic (exact) mass is 124 g/mol. The van der Waals surface area contributed by atoms with Crippen LogP contribution < -0.4 is 0 Å². The molecule has 1 aromatic rings. The molecule has 0 aliphatic carbocycles. The van der Waals surface area contributed by atoms with Crippen LogP contribution >= 0.6 is 0 Å². The fraction of sp³-hybridized carbons (Fsp3) is 0.571. The Kier molecular flexibility index (Phi) is 1.56. The smallest absolute Gasteiger partial charge is 0.0625 e. The van der Waals surface area contributed by atoms with Crippen molar-refractivity contribution in [1.29, 1.82) is 0 Å². The zero-order valence-electron chi connectivity index (χ0n) is 6.18. The third-order valence-electron chi connectivity index (χ3n) is 1.50. The van der Waals surface area contributed by atoms with Gasteiger partial charge in [0, 0.05) is 13.2 Å². The average Bonchev–Trinajstić information content (AvgIpc) is 2.10. The number of hydrogen-bond donors (Lipinski definition) is 0. The Hall–Kier alpha value is -0.790. The van der Waals surface area contributed by atoms with E-state index in [0.717, 1.165) is 12.1 Å². The number of aryl methyl sites for hydroxylation is 3. The average molecular weight is 124 g/mol. The van der Waals surface area contributed by atoms with Crippen molar-refractivity contribution in [3.63, 3.8) is 0 Å². The topological polar surface area (TPSA) is 17.8 Å². The van der Waals surface area contributed by atoms with E-state index in [0.29, 0.717) is 0 Å². The van der Waals surface area contributed by atoms with Crippen molar-refractivity contribution in [1.82, 2.24) is 9.78 Å². The SMILES string of the molecule is CCc1cn(C)nc1C. The summed E-state index contributed by atoms with van der Waals surface area (Å²) in [6.45, 7) is 4.18. The first kappa shape index (κ1) is 6.33. The first-order valence-electron chi connectivity index (χ1n) is 3.23. The fourth-order valence-corrected chi connectivity index (χ4v) is 0.996. The van der Waals surface area contributed by atoms with Gasteiger partial charge in [0.1, 0.15) is 0 Å². The van der Waals surface area contributed by atoms with Crippen molar-refractivity contribution >= 4 is 0 Å². The number of aromatic nitrogens is 2. The second kappa shape index (κ2) is 2.21. The van der Waals surface area contributed by atoms with Gasteiger partial charge in [0.2, 0.25) is 0 Å². The van der Waals surface area contributed by atoms with Gasteiger partial charge in [0.15, 0.2) is 0 Å². The maximum atomic E-state index is 4.20. The van der Waals surface area contributed by atoms with Gasteiger partial charge in [-0.15, -0.1) is 0 Å². The molecule has 50 valence electrons. The minimum Gasteiger partial charge on any atom is -0.275 e. The van der Waals surface area contributed by atoms with Gasteiger partial charge >= 0.3 is 0 Å². The summed E-state index contributed by atoms with van der Waals surface area (Å²) in [6, 6.07) is 0. The lowest BCUT2D eigenvalue weighted by Gasteiger charge is -1.85. The number of rotatable bonds is 1. The second-order valence-electron chi connectivity index (χ2n) is 2.27. The highest BCUT2D eigenvalue weighted by atomic mass is 15.2. The van der Waals surface area contributed by atoms with E-state index < -0.39 is 0 Å². The third-order valence-corrected chi connectivity index (χ3v) is 1.50. The maximum Gasteiger partial charge on any atom is 0.0625 e. The van der Waals surface area contributed by atoms with Crippen LogP contribution in [0.3, 0.4) is 0 Å². The van der Waals surface area contributed by atoms with Gasteiger partial charge in [-0.05, 0) is 18.9 Å². The van der Waals surface area contributed by atoms with Crippen molar-refractivity contribution in [2.45, 2.75) is 20.3 Å². The predicted octanol–water partition coefficient (Wildman–Crippen LogP) is 1.29. The minimum absolute atomic E-state index is 1.08. The first-order chi connectivity index (χ1) is 4.24. The van der Waals surface area contributed by atoms with Crippen molar-refractivity contribution in [3.05, 3.63) is 17.5 Å². The predicted molar refractivity (Wildman–Crippen MR) is 37.3 cm³/mol. The standard InChI is InChI=1S/C7H12N2/c1-4-7-5-9(3)8-6(7)2/h5H,4H2,1-3H3. The molecule has 0 radical (unpaired) electrons. The van der Waals surface area contributed by atoms with Crippen LogP contribution in [0.15, 0.2) is 6.20 Å². The molecule has 0 aliphatic rings. The van der Waals surface area contributed by atoms with Gasteiger partial charge in [0.05, 0.1) is 5.69 Å². The van der Waals surface area contributed by atoms with E-state index in [1.807, 2.05) is 18.7 Å². The van der Waals surface area contributed by atoms with Gasteiger partial charge in [0.25, 0.3) is 0 Å². The van der Waals surface area contributed by atoms with Gasteiger partial charge in [-0.2, -0.15) is 5.10 Å². The summed E-state index contributed by atoms with van der Waals surface area (Å²) in [5.74, 6) is 0. The Morgan fingerprint density at radius 1 is 1.67 bits per heavy atom. The summed E-state index contributed by atoms with van der Waals surface area (Å²) in [5.41, 5.74) is 2.50. The number of hydrogen-bond acceptors (Lipinski definition) is 1. The van der Waals surface area contributed by atoms with E-state index in [9.17, 15) is 0 Å². The summed E-state index contributed by atoms with van der Waals surface area (Å²) >= 11 is 0. The molecule has 2 nitrogen and oxygen atoms in total. The van der Waals surface area contributed by atoms with Crippen LogP contribution in [0.1, 0.15) is 18.2 Å². The molecule has 1 aromatic heterocycles. The van der Waals surface area contributed by atoms with Gasteiger partial charge in [-0.3, -0.25) is 4.68 Å². The molecule has 0 aromatic carbocycles. The highest BCUT2D eigenvalue weighted by Gasteiger charge is 1.97. The van der Waals surface area contributed by atoms with Crippen LogP contribution in [0, 0.1) is 6.92 Å². The molecule has 0 saturated carbocycles. The lowest BCUT2D eigenvalue weighted by atomic mass is 10.2. The fourth-order valence-electron chi connectivity index (χ4n) is 0.996. The van der Waals surface area contributed by atoms with Crippen molar-refractivity contribution in [3.8, 4) is 0 Å². The van der Waals surface area contributed by atoms with Crippen molar-refractivity contribution in [2.24, 2.45) is 7.05 Å². The molecule has 9 heavy (non-hydrogen) atoms. The molecule has 1 heterocycles. The summed E-state index contributed by atoms with van der Waals surface area (Å²) in [4.78, 5) is 0. The van der Waals surface area contributed by atoms with Crippen molar-refractivity contribution in [2.75, 3.05) is 0 Å². The van der Waals surface area contributed by atoms with Crippen LogP contribution in [0.4, 0.5) is 0 Å². The van der Waals surface area contributed by atoms with E-state index >= 15 is 0 Å². The van der Waals surface area contributed by atoms with Gasteiger partial charge in [-0.25, -0.2) is 0 Å². The Bertz CT molecular complexity index is 201. The molecule has 0 N–H and O–H groups in total. The highest BCUT2D eigenvalue weighted by molar-refractivity contribution is 5.14. The first-order valence-corrected chi connectivity index (χ1v) is 3.23. The van der Waals surface area contributed by atoms with E-state index in [-0.39, 0.29) is 0 Å². The molecule has 0 atom stereocenters. The molecular weight excluding hydrogens is 112 g/mol. The van der Waals surface area contributed by atoms with E-state index in [4.69, 9.17) is 0 Å². The lowest BCUT2D eigenvalue weighted by molar-refractivity contribution is 0.756. The van der Waals surface area contributed by atoms with Crippen molar-refractivity contribution < 1.29 is 0 Å². The minimum atomic E-state index is 1.08. The summed E-state index contributed by atoms with van der Waals surface area (Å²) in [5, 5.41) is 4.20. The number of nitrogens with zero attached hydrogens (tertiary/aromatic N) is 2. The summed E-state index contributed by atoms with van der Waals surface area (Å²) in [7, 11) is 1.95. The molecule has 0 saturated heterocycles. The van der Waals surface area contributed by atoms with Gasteiger partial charge in [-0.1, -0.05) is 6.92 Å².